The largest absolute Gasteiger partial charge is 0.453 e. The molecular formula is C16H24N2O4S. The Hall–Kier alpha value is -1.60. The number of rotatable bonds is 6. The van der Waals surface area contributed by atoms with Crippen LogP contribution in [0.15, 0.2) is 30.3 Å². The van der Waals surface area contributed by atoms with Crippen LogP contribution in [-0.4, -0.2) is 51.4 Å². The normalized spacial score (nSPS) is 16.3. The summed E-state index contributed by atoms with van der Waals surface area (Å²) in [6, 6.07) is 9.76. The monoisotopic (exact) mass is 340 g/mol. The van der Waals surface area contributed by atoms with Gasteiger partial charge in [0.15, 0.2) is 0 Å². The summed E-state index contributed by atoms with van der Waals surface area (Å²) < 4.78 is 31.7. The highest BCUT2D eigenvalue weighted by molar-refractivity contribution is 7.89. The molecule has 0 spiro atoms. The molecule has 0 atom stereocenters. The molecule has 0 aliphatic carbocycles. The molecule has 0 bridgehead atoms. The van der Waals surface area contributed by atoms with Crippen molar-refractivity contribution in [2.75, 3.05) is 26.0 Å². The third kappa shape index (κ3) is 5.84. The molecule has 1 amide bonds. The van der Waals surface area contributed by atoms with Crippen LogP contribution >= 0.6 is 0 Å². The number of hydrogen-bond donors (Lipinski definition) is 1. The Morgan fingerprint density at radius 3 is 2.52 bits per heavy atom. The second kappa shape index (κ2) is 8.31. The fraction of sp³-hybridized carbons (Fsp3) is 0.562. The van der Waals surface area contributed by atoms with Crippen LogP contribution in [0.25, 0.3) is 0 Å². The minimum Gasteiger partial charge on any atom is -0.453 e. The van der Waals surface area contributed by atoms with Gasteiger partial charge in [0, 0.05) is 19.1 Å². The van der Waals surface area contributed by atoms with E-state index in [2.05, 4.69) is 9.46 Å². The highest BCUT2D eigenvalue weighted by Gasteiger charge is 2.25. The first kappa shape index (κ1) is 17.7. The van der Waals surface area contributed by atoms with Crippen molar-refractivity contribution in [1.29, 1.82) is 0 Å². The number of nitrogens with zero attached hydrogens (tertiary/aromatic N) is 1. The van der Waals surface area contributed by atoms with E-state index < -0.39 is 10.0 Å². The molecule has 1 aliphatic rings. The highest BCUT2D eigenvalue weighted by atomic mass is 32.2. The van der Waals surface area contributed by atoms with Crippen LogP contribution in [0.2, 0.25) is 0 Å². The van der Waals surface area contributed by atoms with Crippen molar-refractivity contribution in [3.05, 3.63) is 35.9 Å². The molecule has 1 aliphatic heterocycles. The summed E-state index contributed by atoms with van der Waals surface area (Å²) in [4.78, 5) is 13.0. The molecule has 1 fully saturated rings. The summed E-state index contributed by atoms with van der Waals surface area (Å²) in [5, 5.41) is 0. The molecule has 0 aromatic heterocycles. The lowest BCUT2D eigenvalue weighted by molar-refractivity contribution is 0.111. The number of amides is 1. The molecule has 1 N–H and O–H groups in total. The number of hydrogen-bond acceptors (Lipinski definition) is 4. The van der Waals surface area contributed by atoms with Crippen molar-refractivity contribution < 1.29 is 17.9 Å². The summed E-state index contributed by atoms with van der Waals surface area (Å²) in [5.41, 5.74) is 1.15. The van der Waals surface area contributed by atoms with Gasteiger partial charge in [-0.15, -0.1) is 0 Å². The van der Waals surface area contributed by atoms with Crippen molar-refractivity contribution >= 4 is 16.1 Å². The van der Waals surface area contributed by atoms with Gasteiger partial charge in [0.2, 0.25) is 10.0 Å². The second-order valence-electron chi connectivity index (χ2n) is 5.76. The van der Waals surface area contributed by atoms with Gasteiger partial charge in [-0.25, -0.2) is 17.9 Å². The summed E-state index contributed by atoms with van der Waals surface area (Å²) in [7, 11) is -1.93. The number of sulfonamides is 1. The minimum absolute atomic E-state index is 0.0994. The standard InChI is InChI=1S/C16H24N2O4S/c1-22-16(19)18-11-9-15(10-12-18)17-23(20,21)13-5-8-14-6-3-2-4-7-14/h2-4,6-7,15,17H,5,8-13H2,1H3. The van der Waals surface area contributed by atoms with E-state index in [0.29, 0.717) is 32.4 Å². The molecule has 1 saturated heterocycles. The van der Waals surface area contributed by atoms with Crippen LogP contribution in [0.4, 0.5) is 4.79 Å². The van der Waals surface area contributed by atoms with Crippen molar-refractivity contribution in [3.63, 3.8) is 0 Å². The third-order valence-corrected chi connectivity index (χ3v) is 5.51. The number of ether oxygens (including phenoxy) is 1. The molecule has 1 aromatic carbocycles. The zero-order valence-electron chi connectivity index (χ0n) is 13.4. The maximum Gasteiger partial charge on any atom is 0.409 e. The quantitative estimate of drug-likeness (QED) is 0.856. The number of carbonyl (C=O) groups excluding carboxylic acids is 1. The number of benzene rings is 1. The van der Waals surface area contributed by atoms with Crippen LogP contribution < -0.4 is 4.72 Å². The van der Waals surface area contributed by atoms with E-state index in [1.807, 2.05) is 30.3 Å². The Morgan fingerprint density at radius 2 is 1.91 bits per heavy atom. The molecule has 0 unspecified atom stereocenters. The van der Waals surface area contributed by atoms with E-state index in [1.165, 1.54) is 7.11 Å². The van der Waals surface area contributed by atoms with Crippen LogP contribution in [0.1, 0.15) is 24.8 Å². The maximum atomic E-state index is 12.1. The lowest BCUT2D eigenvalue weighted by Crippen LogP contribution is -2.47. The lowest BCUT2D eigenvalue weighted by Gasteiger charge is -2.31. The molecule has 7 heteroatoms. The van der Waals surface area contributed by atoms with E-state index in [4.69, 9.17) is 0 Å². The van der Waals surface area contributed by atoms with E-state index in [0.717, 1.165) is 12.0 Å². The van der Waals surface area contributed by atoms with Gasteiger partial charge in [0.05, 0.1) is 12.9 Å². The van der Waals surface area contributed by atoms with Crippen molar-refractivity contribution in [2.45, 2.75) is 31.7 Å². The fourth-order valence-electron chi connectivity index (χ4n) is 2.73. The summed E-state index contributed by atoms with van der Waals surface area (Å²) in [6.45, 7) is 1.04. The second-order valence-corrected chi connectivity index (χ2v) is 7.63. The van der Waals surface area contributed by atoms with Gasteiger partial charge in [0.1, 0.15) is 0 Å². The number of carbonyl (C=O) groups is 1. The average Bonchev–Trinajstić information content (AvgIpc) is 2.55. The number of piperidine rings is 1. The lowest BCUT2D eigenvalue weighted by atomic mass is 10.1. The van der Waals surface area contributed by atoms with Crippen molar-refractivity contribution in [3.8, 4) is 0 Å². The van der Waals surface area contributed by atoms with Crippen LogP contribution in [0, 0.1) is 0 Å². The molecule has 0 saturated carbocycles. The number of aryl methyl sites for hydroxylation is 1. The zero-order valence-corrected chi connectivity index (χ0v) is 14.2. The predicted molar refractivity (Wildman–Crippen MR) is 88.7 cm³/mol. The Labute approximate surface area is 137 Å². The smallest absolute Gasteiger partial charge is 0.409 e. The van der Waals surface area contributed by atoms with E-state index >= 15 is 0 Å². The van der Waals surface area contributed by atoms with E-state index in [9.17, 15) is 13.2 Å². The van der Waals surface area contributed by atoms with Crippen LogP contribution in [-0.2, 0) is 21.2 Å². The number of nitrogens with one attached hydrogen (secondary N) is 1. The Bertz CT molecular complexity index is 596. The predicted octanol–water partition coefficient (Wildman–Crippen LogP) is 1.77. The van der Waals surface area contributed by atoms with Gasteiger partial charge in [-0.05, 0) is 31.2 Å². The summed E-state index contributed by atoms with van der Waals surface area (Å²) >= 11 is 0. The first-order valence-electron chi connectivity index (χ1n) is 7.87. The van der Waals surface area contributed by atoms with Gasteiger partial charge >= 0.3 is 6.09 Å². The SMILES string of the molecule is COC(=O)N1CCC(NS(=O)(=O)CCCc2ccccc2)CC1. The van der Waals surface area contributed by atoms with Crippen molar-refractivity contribution in [1.82, 2.24) is 9.62 Å². The molecule has 0 radical (unpaired) electrons. The first-order chi connectivity index (χ1) is 11.0. The Kier molecular flexibility index (Phi) is 6.41. The first-order valence-corrected chi connectivity index (χ1v) is 9.52. The zero-order chi connectivity index (χ0) is 16.7. The van der Waals surface area contributed by atoms with Crippen molar-refractivity contribution in [2.24, 2.45) is 0 Å². The maximum absolute atomic E-state index is 12.1. The molecular weight excluding hydrogens is 316 g/mol. The number of methoxy groups -OCH3 is 1. The summed E-state index contributed by atoms with van der Waals surface area (Å²) in [5.74, 6) is 0.124. The van der Waals surface area contributed by atoms with Gasteiger partial charge in [-0.2, -0.15) is 0 Å². The van der Waals surface area contributed by atoms with Crippen LogP contribution in [0.5, 0.6) is 0 Å². The van der Waals surface area contributed by atoms with Crippen LogP contribution in [0.3, 0.4) is 0 Å². The molecule has 128 valence electrons. The van der Waals surface area contributed by atoms with Gasteiger partial charge < -0.3 is 9.64 Å². The summed E-state index contributed by atoms with van der Waals surface area (Å²) in [6.07, 6.45) is 2.23. The molecule has 1 aromatic rings. The minimum atomic E-state index is -3.28. The average molecular weight is 340 g/mol. The van der Waals surface area contributed by atoms with E-state index in [1.54, 1.807) is 4.90 Å². The molecule has 6 nitrogen and oxygen atoms in total. The molecule has 1 heterocycles. The highest BCUT2D eigenvalue weighted by Crippen LogP contribution is 2.13. The Morgan fingerprint density at radius 1 is 1.26 bits per heavy atom. The third-order valence-electron chi connectivity index (χ3n) is 4.00. The van der Waals surface area contributed by atoms with E-state index in [-0.39, 0.29) is 17.9 Å². The fourth-order valence-corrected chi connectivity index (χ4v) is 4.12. The van der Waals surface area contributed by atoms with Gasteiger partial charge in [0.25, 0.3) is 0 Å². The topological polar surface area (TPSA) is 75.7 Å². The number of likely N-dealkylation sites (tertiary alicyclic amines) is 1. The Balaban J connectivity index is 1.73. The molecule has 23 heavy (non-hydrogen) atoms. The van der Waals surface area contributed by atoms with Gasteiger partial charge in [-0.1, -0.05) is 30.3 Å². The van der Waals surface area contributed by atoms with Gasteiger partial charge in [-0.3, -0.25) is 0 Å². The molecule has 2 rings (SSSR count).